The molecule has 0 radical (unpaired) electrons. The molecule has 1 fully saturated rings. The highest BCUT2D eigenvalue weighted by Gasteiger charge is 2.20. The first-order valence-electron chi connectivity index (χ1n) is 10.3. The minimum atomic E-state index is 0.527. The molecule has 0 bridgehead atoms. The van der Waals surface area contributed by atoms with Crippen LogP contribution >= 0.6 is 0 Å². The van der Waals surface area contributed by atoms with Gasteiger partial charge < -0.3 is 29.3 Å². The fourth-order valence-electron chi connectivity index (χ4n) is 3.65. The van der Waals surface area contributed by atoms with Crippen molar-refractivity contribution in [1.82, 2.24) is 10.2 Å². The summed E-state index contributed by atoms with van der Waals surface area (Å²) in [6, 6.07) is 14.1. The maximum atomic E-state index is 5.54. The number of aliphatic imine (C=N–C) groups is 1. The number of piperazine rings is 1. The second-order valence-corrected chi connectivity index (χ2v) is 7.00. The van der Waals surface area contributed by atoms with E-state index < -0.39 is 0 Å². The van der Waals surface area contributed by atoms with Crippen molar-refractivity contribution in [3.05, 3.63) is 48.0 Å². The quantitative estimate of drug-likeness (QED) is 0.557. The molecule has 2 aromatic carbocycles. The summed E-state index contributed by atoms with van der Waals surface area (Å²) in [4.78, 5) is 9.57. The van der Waals surface area contributed by atoms with Gasteiger partial charge in [0.15, 0.2) is 17.5 Å². The third kappa shape index (κ3) is 5.09. The van der Waals surface area contributed by atoms with Crippen molar-refractivity contribution in [2.45, 2.75) is 13.5 Å². The van der Waals surface area contributed by atoms with E-state index in [2.05, 4.69) is 34.2 Å². The molecule has 30 heavy (non-hydrogen) atoms. The lowest BCUT2D eigenvalue weighted by molar-refractivity contribution is 0.351. The summed E-state index contributed by atoms with van der Waals surface area (Å²) in [6.07, 6.45) is 0. The maximum Gasteiger partial charge on any atom is 0.194 e. The molecule has 1 aliphatic heterocycles. The van der Waals surface area contributed by atoms with Gasteiger partial charge in [0.2, 0.25) is 0 Å². The average Bonchev–Trinajstić information content (AvgIpc) is 2.81. The number of nitrogens with one attached hydrogen (secondary N) is 1. The van der Waals surface area contributed by atoms with Crippen molar-refractivity contribution in [1.29, 1.82) is 0 Å². The molecule has 0 unspecified atom stereocenters. The van der Waals surface area contributed by atoms with Crippen LogP contribution in [0.1, 0.15) is 12.5 Å². The second-order valence-electron chi connectivity index (χ2n) is 7.00. The van der Waals surface area contributed by atoms with Gasteiger partial charge in [0.1, 0.15) is 5.75 Å². The van der Waals surface area contributed by atoms with Crippen LogP contribution in [0.15, 0.2) is 47.5 Å². The lowest BCUT2D eigenvalue weighted by Crippen LogP contribution is -2.52. The molecular formula is C23H32N4O3. The number of hydrogen-bond acceptors (Lipinski definition) is 5. The molecule has 7 heteroatoms. The Morgan fingerprint density at radius 3 is 2.40 bits per heavy atom. The molecule has 0 spiro atoms. The molecule has 7 nitrogen and oxygen atoms in total. The number of nitrogens with zero attached hydrogens (tertiary/aromatic N) is 3. The van der Waals surface area contributed by atoms with Crippen LogP contribution in [-0.2, 0) is 6.54 Å². The molecule has 162 valence electrons. The summed E-state index contributed by atoms with van der Waals surface area (Å²) >= 11 is 0. The Bertz CT molecular complexity index is 848. The summed E-state index contributed by atoms with van der Waals surface area (Å²) in [7, 11) is 5.01. The Morgan fingerprint density at radius 2 is 1.73 bits per heavy atom. The van der Waals surface area contributed by atoms with Crippen molar-refractivity contribution in [2.75, 3.05) is 59.0 Å². The van der Waals surface area contributed by atoms with E-state index in [0.29, 0.717) is 6.54 Å². The number of methoxy groups -OCH3 is 3. The van der Waals surface area contributed by atoms with Gasteiger partial charge in [-0.15, -0.1) is 0 Å². The van der Waals surface area contributed by atoms with Crippen molar-refractivity contribution in [2.24, 2.45) is 4.99 Å². The van der Waals surface area contributed by atoms with E-state index in [1.807, 2.05) is 30.3 Å². The first kappa shape index (κ1) is 21.6. The molecule has 3 rings (SSSR count). The maximum absolute atomic E-state index is 5.54. The zero-order valence-corrected chi connectivity index (χ0v) is 18.4. The van der Waals surface area contributed by atoms with Gasteiger partial charge in [-0.1, -0.05) is 18.2 Å². The second kappa shape index (κ2) is 10.6. The molecular weight excluding hydrogens is 380 g/mol. The summed E-state index contributed by atoms with van der Waals surface area (Å²) in [6.45, 7) is 7.10. The normalized spacial score (nSPS) is 14.5. The standard InChI is InChI=1S/C23H32N4O3/c1-5-24-23(25-17-18-8-6-11-21(29-3)22(18)30-4)27-14-12-26(13-15-27)19-9-7-10-20(16-19)28-2/h6-11,16H,5,12-15,17H2,1-4H3,(H,24,25). The largest absolute Gasteiger partial charge is 0.497 e. The third-order valence-electron chi connectivity index (χ3n) is 5.22. The number of para-hydroxylation sites is 1. The first-order chi connectivity index (χ1) is 14.7. The number of anilines is 1. The highest BCUT2D eigenvalue weighted by molar-refractivity contribution is 5.80. The van der Waals surface area contributed by atoms with Crippen LogP contribution in [0.4, 0.5) is 5.69 Å². The predicted molar refractivity (Wildman–Crippen MR) is 121 cm³/mol. The molecule has 1 heterocycles. The summed E-state index contributed by atoms with van der Waals surface area (Å²) in [5, 5.41) is 3.43. The first-order valence-corrected chi connectivity index (χ1v) is 10.3. The molecule has 0 saturated carbocycles. The van der Waals surface area contributed by atoms with Crippen LogP contribution in [0.2, 0.25) is 0 Å². The Labute approximate surface area is 179 Å². The van der Waals surface area contributed by atoms with Gasteiger partial charge in [-0.2, -0.15) is 0 Å². The lowest BCUT2D eigenvalue weighted by Gasteiger charge is -2.37. The van der Waals surface area contributed by atoms with Gasteiger partial charge in [0, 0.05) is 50.0 Å². The summed E-state index contributed by atoms with van der Waals surface area (Å²) in [5.74, 6) is 3.27. The molecule has 0 aromatic heterocycles. The van der Waals surface area contributed by atoms with Crippen molar-refractivity contribution < 1.29 is 14.2 Å². The van der Waals surface area contributed by atoms with Crippen LogP contribution in [0.3, 0.4) is 0 Å². The molecule has 1 aliphatic rings. The van der Waals surface area contributed by atoms with Crippen molar-refractivity contribution in [3.8, 4) is 17.2 Å². The number of ether oxygens (including phenoxy) is 3. The van der Waals surface area contributed by atoms with Gasteiger partial charge in [-0.25, -0.2) is 4.99 Å². The monoisotopic (exact) mass is 412 g/mol. The van der Waals surface area contributed by atoms with Gasteiger partial charge in [-0.05, 0) is 25.1 Å². The molecule has 0 atom stereocenters. The fourth-order valence-corrected chi connectivity index (χ4v) is 3.65. The molecule has 1 N–H and O–H groups in total. The van der Waals surface area contributed by atoms with Crippen LogP contribution in [0.5, 0.6) is 17.2 Å². The van der Waals surface area contributed by atoms with Crippen LogP contribution in [0, 0.1) is 0 Å². The molecule has 0 amide bonds. The van der Waals surface area contributed by atoms with Gasteiger partial charge in [-0.3, -0.25) is 0 Å². The van der Waals surface area contributed by atoms with Crippen molar-refractivity contribution in [3.63, 3.8) is 0 Å². The summed E-state index contributed by atoms with van der Waals surface area (Å²) < 4.78 is 16.3. The average molecular weight is 413 g/mol. The Morgan fingerprint density at radius 1 is 0.967 bits per heavy atom. The van der Waals surface area contributed by atoms with E-state index in [0.717, 1.165) is 61.5 Å². The zero-order chi connectivity index (χ0) is 21.3. The highest BCUT2D eigenvalue weighted by Crippen LogP contribution is 2.31. The number of guanidine groups is 1. The Balaban J connectivity index is 1.69. The van der Waals surface area contributed by atoms with Gasteiger partial charge >= 0.3 is 0 Å². The minimum Gasteiger partial charge on any atom is -0.497 e. The fraction of sp³-hybridized carbons (Fsp3) is 0.435. The molecule has 1 saturated heterocycles. The highest BCUT2D eigenvalue weighted by atomic mass is 16.5. The van der Waals surface area contributed by atoms with Crippen LogP contribution < -0.4 is 24.4 Å². The third-order valence-corrected chi connectivity index (χ3v) is 5.22. The van der Waals surface area contributed by atoms with Gasteiger partial charge in [0.25, 0.3) is 0 Å². The molecule has 0 aliphatic carbocycles. The summed E-state index contributed by atoms with van der Waals surface area (Å²) in [5.41, 5.74) is 2.19. The van der Waals surface area contributed by atoms with E-state index >= 15 is 0 Å². The zero-order valence-electron chi connectivity index (χ0n) is 18.4. The predicted octanol–water partition coefficient (Wildman–Crippen LogP) is 3.00. The minimum absolute atomic E-state index is 0.527. The number of benzene rings is 2. The van der Waals surface area contributed by atoms with Crippen molar-refractivity contribution >= 4 is 11.6 Å². The Kier molecular flexibility index (Phi) is 7.65. The van der Waals surface area contributed by atoms with E-state index in [-0.39, 0.29) is 0 Å². The van der Waals surface area contributed by atoms with E-state index in [1.54, 1.807) is 21.3 Å². The van der Waals surface area contributed by atoms with E-state index in [1.165, 1.54) is 5.69 Å². The Hall–Kier alpha value is -3.09. The van der Waals surface area contributed by atoms with E-state index in [9.17, 15) is 0 Å². The number of hydrogen-bond donors (Lipinski definition) is 1. The smallest absolute Gasteiger partial charge is 0.194 e. The van der Waals surface area contributed by atoms with Crippen LogP contribution in [-0.4, -0.2) is 64.9 Å². The van der Waals surface area contributed by atoms with Crippen LogP contribution in [0.25, 0.3) is 0 Å². The van der Waals surface area contributed by atoms with E-state index in [4.69, 9.17) is 19.2 Å². The van der Waals surface area contributed by atoms with Gasteiger partial charge in [0.05, 0.1) is 27.9 Å². The topological polar surface area (TPSA) is 58.6 Å². The molecule has 2 aromatic rings. The SMILES string of the molecule is CCNC(=NCc1cccc(OC)c1OC)N1CCN(c2cccc(OC)c2)CC1. The lowest BCUT2D eigenvalue weighted by atomic mass is 10.2. The number of rotatable bonds is 7.